The van der Waals surface area contributed by atoms with E-state index in [0.29, 0.717) is 33.8 Å². The van der Waals surface area contributed by atoms with Gasteiger partial charge in [-0.1, -0.05) is 6.07 Å². The maximum absolute atomic E-state index is 14.3. The molecule has 0 radical (unpaired) electrons. The van der Waals surface area contributed by atoms with E-state index in [0.717, 1.165) is 0 Å². The van der Waals surface area contributed by atoms with Crippen LogP contribution in [-0.4, -0.2) is 33.2 Å². The minimum absolute atomic E-state index is 0.200. The smallest absolute Gasteiger partial charge is 0.253 e. The number of hydrogen-bond donors (Lipinski definition) is 1. The van der Waals surface area contributed by atoms with E-state index in [4.69, 9.17) is 14.9 Å². The van der Waals surface area contributed by atoms with Crippen molar-refractivity contribution in [3.8, 4) is 16.9 Å². The zero-order chi connectivity index (χ0) is 23.8. The summed E-state index contributed by atoms with van der Waals surface area (Å²) >= 11 is 0. The summed E-state index contributed by atoms with van der Waals surface area (Å²) in [5.41, 5.74) is 8.99. The van der Waals surface area contributed by atoms with E-state index in [1.54, 1.807) is 59.3 Å². The standard InChI is InChI=1S/C25H22F2N4O3/c1-15-24(32)30(10-8-16-2-5-19(28)12-22(16)27)25(34-15)21-13-31(20-6-3-18(26)4-7-20)29-23(21)17-9-11-33-14-17/h2-7,9,11-15,25H,8,10,28H2,1H3/t15-,25-/m1/s1. The van der Waals surface area contributed by atoms with Gasteiger partial charge in [0.15, 0.2) is 6.23 Å². The molecule has 5 rings (SSSR count). The lowest BCUT2D eigenvalue weighted by molar-refractivity contribution is -0.130. The molecule has 9 heteroatoms. The quantitative estimate of drug-likeness (QED) is 0.425. The van der Waals surface area contributed by atoms with Gasteiger partial charge in [0.25, 0.3) is 5.91 Å². The molecule has 1 saturated heterocycles. The molecule has 174 valence electrons. The number of benzene rings is 2. The molecule has 2 aromatic carbocycles. The monoisotopic (exact) mass is 464 g/mol. The number of ether oxygens (including phenoxy) is 1. The van der Waals surface area contributed by atoms with Crippen molar-refractivity contribution in [3.63, 3.8) is 0 Å². The third-order valence-electron chi connectivity index (χ3n) is 5.84. The number of aromatic nitrogens is 2. The van der Waals surface area contributed by atoms with Crippen LogP contribution in [0.3, 0.4) is 0 Å². The van der Waals surface area contributed by atoms with Crippen LogP contribution in [0.2, 0.25) is 0 Å². The third kappa shape index (κ3) is 4.06. The van der Waals surface area contributed by atoms with Crippen molar-refractivity contribution in [2.24, 2.45) is 0 Å². The molecule has 0 unspecified atom stereocenters. The highest BCUT2D eigenvalue weighted by Crippen LogP contribution is 2.37. The van der Waals surface area contributed by atoms with Gasteiger partial charge in [0.2, 0.25) is 0 Å². The summed E-state index contributed by atoms with van der Waals surface area (Å²) in [5, 5.41) is 4.67. The predicted octanol–water partition coefficient (Wildman–Crippen LogP) is 4.48. The lowest BCUT2D eigenvalue weighted by atomic mass is 10.1. The van der Waals surface area contributed by atoms with Crippen LogP contribution in [0.4, 0.5) is 14.5 Å². The van der Waals surface area contributed by atoms with E-state index in [-0.39, 0.29) is 24.7 Å². The van der Waals surface area contributed by atoms with Crippen LogP contribution in [-0.2, 0) is 16.0 Å². The van der Waals surface area contributed by atoms with Gasteiger partial charge in [-0.2, -0.15) is 5.10 Å². The summed E-state index contributed by atoms with van der Waals surface area (Å²) < 4.78 is 40.6. The second-order valence-corrected chi connectivity index (χ2v) is 8.13. The second kappa shape index (κ2) is 8.75. The zero-order valence-corrected chi connectivity index (χ0v) is 18.3. The molecule has 1 amide bonds. The van der Waals surface area contributed by atoms with Crippen LogP contribution < -0.4 is 5.73 Å². The summed E-state index contributed by atoms with van der Waals surface area (Å²) in [6.07, 6.45) is 3.71. The average Bonchev–Trinajstić information content (AvgIpc) is 3.54. The van der Waals surface area contributed by atoms with Crippen LogP contribution in [0.15, 0.2) is 71.7 Å². The molecule has 1 aliphatic rings. The number of nitrogens with two attached hydrogens (primary N) is 1. The summed E-state index contributed by atoms with van der Waals surface area (Å²) in [4.78, 5) is 14.5. The topological polar surface area (TPSA) is 86.5 Å². The van der Waals surface area contributed by atoms with Crippen LogP contribution in [0.5, 0.6) is 0 Å². The molecule has 3 heterocycles. The van der Waals surface area contributed by atoms with Gasteiger partial charge in [0.1, 0.15) is 23.4 Å². The van der Waals surface area contributed by atoms with Crippen molar-refractivity contribution in [2.75, 3.05) is 12.3 Å². The highest BCUT2D eigenvalue weighted by Gasteiger charge is 2.40. The SMILES string of the molecule is C[C@H]1O[C@H](c2cn(-c3ccc(F)cc3)nc2-c2ccoc2)N(CCc2ccc(N)cc2F)C1=O. The molecule has 7 nitrogen and oxygen atoms in total. The second-order valence-electron chi connectivity index (χ2n) is 8.13. The largest absolute Gasteiger partial charge is 0.472 e. The fourth-order valence-corrected chi connectivity index (χ4v) is 4.07. The fraction of sp³-hybridized carbons (Fsp3) is 0.200. The Morgan fingerprint density at radius 2 is 1.91 bits per heavy atom. The number of nitrogens with zero attached hydrogens (tertiary/aromatic N) is 3. The van der Waals surface area contributed by atoms with E-state index < -0.39 is 18.1 Å². The third-order valence-corrected chi connectivity index (χ3v) is 5.84. The Hall–Kier alpha value is -3.98. The van der Waals surface area contributed by atoms with Crippen molar-refractivity contribution in [1.29, 1.82) is 0 Å². The van der Waals surface area contributed by atoms with Gasteiger partial charge >= 0.3 is 0 Å². The maximum Gasteiger partial charge on any atom is 0.253 e. The Morgan fingerprint density at radius 1 is 1.12 bits per heavy atom. The number of halogens is 2. The molecule has 1 aliphatic heterocycles. The molecule has 0 bridgehead atoms. The highest BCUT2D eigenvalue weighted by molar-refractivity contribution is 5.83. The Kier molecular flexibility index (Phi) is 5.62. The number of carbonyl (C=O) groups excluding carboxylic acids is 1. The number of hydrogen-bond acceptors (Lipinski definition) is 5. The molecule has 4 aromatic rings. The average molecular weight is 464 g/mol. The molecular formula is C25H22F2N4O3. The first-order valence-electron chi connectivity index (χ1n) is 10.8. The number of amides is 1. The highest BCUT2D eigenvalue weighted by atomic mass is 19.1. The van der Waals surface area contributed by atoms with Crippen LogP contribution in [0.25, 0.3) is 16.9 Å². The van der Waals surface area contributed by atoms with Gasteiger partial charge in [0.05, 0.1) is 18.2 Å². The molecule has 2 atom stereocenters. The minimum atomic E-state index is -0.738. The zero-order valence-electron chi connectivity index (χ0n) is 18.3. The van der Waals surface area contributed by atoms with Gasteiger partial charge in [-0.25, -0.2) is 13.5 Å². The lowest BCUT2D eigenvalue weighted by Gasteiger charge is -2.23. The Bertz CT molecular complexity index is 1320. The number of furan rings is 1. The Labute approximate surface area is 194 Å². The lowest BCUT2D eigenvalue weighted by Crippen LogP contribution is -2.32. The van der Waals surface area contributed by atoms with Crippen molar-refractivity contribution >= 4 is 11.6 Å². The van der Waals surface area contributed by atoms with Gasteiger partial charge in [-0.15, -0.1) is 0 Å². The van der Waals surface area contributed by atoms with Crippen LogP contribution >= 0.6 is 0 Å². The van der Waals surface area contributed by atoms with Gasteiger partial charge in [-0.05, 0) is 61.4 Å². The first kappa shape index (κ1) is 21.8. The maximum atomic E-state index is 14.3. The molecule has 0 spiro atoms. The first-order chi connectivity index (χ1) is 16.4. The summed E-state index contributed by atoms with van der Waals surface area (Å²) in [6, 6.07) is 12.2. The van der Waals surface area contributed by atoms with Gasteiger partial charge < -0.3 is 19.8 Å². The van der Waals surface area contributed by atoms with E-state index in [1.165, 1.54) is 24.5 Å². The number of carbonyl (C=O) groups is 1. The molecule has 0 aliphatic carbocycles. The number of rotatable bonds is 6. The molecule has 1 fully saturated rings. The van der Waals surface area contributed by atoms with Gasteiger partial charge in [-0.3, -0.25) is 4.79 Å². The van der Waals surface area contributed by atoms with E-state index in [9.17, 15) is 13.6 Å². The minimum Gasteiger partial charge on any atom is -0.472 e. The predicted molar refractivity (Wildman–Crippen MR) is 121 cm³/mol. The van der Waals surface area contributed by atoms with Crippen molar-refractivity contribution in [2.45, 2.75) is 25.7 Å². The first-order valence-corrected chi connectivity index (χ1v) is 10.8. The number of anilines is 1. The molecule has 34 heavy (non-hydrogen) atoms. The summed E-state index contributed by atoms with van der Waals surface area (Å²) in [5.74, 6) is -0.972. The summed E-state index contributed by atoms with van der Waals surface area (Å²) in [7, 11) is 0. The molecular weight excluding hydrogens is 442 g/mol. The van der Waals surface area contributed by atoms with Crippen molar-refractivity contribution in [1.82, 2.24) is 14.7 Å². The van der Waals surface area contributed by atoms with Crippen molar-refractivity contribution in [3.05, 3.63) is 90.0 Å². The normalized spacial score (nSPS) is 18.1. The van der Waals surface area contributed by atoms with Crippen LogP contribution in [0.1, 0.15) is 24.3 Å². The fourth-order valence-electron chi connectivity index (χ4n) is 4.07. The van der Waals surface area contributed by atoms with E-state index in [1.807, 2.05) is 0 Å². The molecule has 2 aromatic heterocycles. The molecule has 0 saturated carbocycles. The summed E-state index contributed by atoms with van der Waals surface area (Å²) in [6.45, 7) is 1.92. The Balaban J connectivity index is 1.51. The van der Waals surface area contributed by atoms with E-state index in [2.05, 4.69) is 5.10 Å². The van der Waals surface area contributed by atoms with Crippen molar-refractivity contribution < 1.29 is 22.7 Å². The number of nitrogen functional groups attached to an aromatic ring is 1. The molecule has 2 N–H and O–H groups in total. The van der Waals surface area contributed by atoms with Gasteiger partial charge in [0, 0.05) is 29.6 Å². The Morgan fingerprint density at radius 3 is 2.62 bits per heavy atom. The van der Waals surface area contributed by atoms with E-state index >= 15 is 0 Å². The van der Waals surface area contributed by atoms with Crippen LogP contribution in [0, 0.1) is 11.6 Å².